The smallest absolute Gasteiger partial charge is 0.258 e. The molecule has 0 aliphatic rings. The van der Waals surface area contributed by atoms with Crippen LogP contribution in [0.5, 0.6) is 0 Å². The van der Waals surface area contributed by atoms with Gasteiger partial charge in [-0.25, -0.2) is 4.98 Å². The van der Waals surface area contributed by atoms with E-state index in [-0.39, 0.29) is 5.91 Å². The first-order chi connectivity index (χ1) is 10.3. The van der Waals surface area contributed by atoms with Crippen molar-refractivity contribution in [2.45, 2.75) is 6.61 Å². The first kappa shape index (κ1) is 13.6. The Balaban J connectivity index is 1.86. The van der Waals surface area contributed by atoms with E-state index in [0.29, 0.717) is 23.1 Å². The van der Waals surface area contributed by atoms with Crippen molar-refractivity contribution in [3.63, 3.8) is 0 Å². The van der Waals surface area contributed by atoms with E-state index in [9.17, 15) is 4.79 Å². The number of hydrogen-bond acceptors (Lipinski definition) is 6. The van der Waals surface area contributed by atoms with Crippen molar-refractivity contribution in [2.24, 2.45) is 0 Å². The lowest BCUT2D eigenvalue weighted by atomic mass is 10.1. The van der Waals surface area contributed by atoms with Gasteiger partial charge in [0, 0.05) is 35.8 Å². The molecule has 21 heavy (non-hydrogen) atoms. The number of pyridine rings is 1. The molecule has 3 rings (SSSR count). The highest BCUT2D eigenvalue weighted by molar-refractivity contribution is 7.09. The maximum absolute atomic E-state index is 12.4. The third kappa shape index (κ3) is 2.88. The zero-order valence-electron chi connectivity index (χ0n) is 11.2. The molecule has 2 heterocycles. The normalized spacial score (nSPS) is 10.7. The molecule has 0 fully saturated rings. The van der Waals surface area contributed by atoms with E-state index in [0.717, 1.165) is 22.4 Å². The molecule has 6 nitrogen and oxygen atoms in total. The molecular formula is C14H12N4O2S. The first-order valence-electron chi connectivity index (χ1n) is 6.24. The molecule has 0 aliphatic carbocycles. The molecule has 0 unspecified atom stereocenters. The van der Waals surface area contributed by atoms with Gasteiger partial charge in [0.1, 0.15) is 6.61 Å². The van der Waals surface area contributed by atoms with Gasteiger partial charge in [0.15, 0.2) is 5.82 Å². The molecule has 2 aromatic heterocycles. The Morgan fingerprint density at radius 3 is 3.10 bits per heavy atom. The van der Waals surface area contributed by atoms with Crippen LogP contribution in [-0.4, -0.2) is 27.4 Å². The molecule has 1 aromatic carbocycles. The molecule has 0 spiro atoms. The van der Waals surface area contributed by atoms with Crippen molar-refractivity contribution in [3.05, 3.63) is 47.9 Å². The Labute approximate surface area is 125 Å². The number of rotatable bonds is 4. The van der Waals surface area contributed by atoms with Crippen LogP contribution < -0.4 is 5.32 Å². The fraction of sp³-hybridized carbons (Fsp3) is 0.143. The number of fused-ring (bicyclic) bond motifs is 1. The van der Waals surface area contributed by atoms with Crippen molar-refractivity contribution >= 4 is 33.5 Å². The minimum atomic E-state index is -0.228. The van der Waals surface area contributed by atoms with Crippen LogP contribution in [-0.2, 0) is 11.3 Å². The Morgan fingerprint density at radius 2 is 2.24 bits per heavy atom. The van der Waals surface area contributed by atoms with E-state index in [1.165, 1.54) is 0 Å². The summed E-state index contributed by atoms with van der Waals surface area (Å²) in [4.78, 5) is 20.8. The van der Waals surface area contributed by atoms with E-state index in [1.807, 2.05) is 12.1 Å². The van der Waals surface area contributed by atoms with Crippen LogP contribution in [0.3, 0.4) is 0 Å². The van der Waals surface area contributed by atoms with Crippen LogP contribution in [0.25, 0.3) is 10.9 Å². The number of benzene rings is 1. The second-order valence-electron chi connectivity index (χ2n) is 4.28. The molecule has 0 bridgehead atoms. The van der Waals surface area contributed by atoms with Crippen LogP contribution in [0.2, 0.25) is 0 Å². The number of amides is 1. The van der Waals surface area contributed by atoms with E-state index in [1.54, 1.807) is 31.5 Å². The Bertz CT molecular complexity index is 782. The summed E-state index contributed by atoms with van der Waals surface area (Å²) in [5.41, 5.74) is 1.34. The second kappa shape index (κ2) is 5.94. The number of carbonyl (C=O) groups excluding carboxylic acids is 1. The Morgan fingerprint density at radius 1 is 1.33 bits per heavy atom. The van der Waals surface area contributed by atoms with Crippen molar-refractivity contribution in [1.29, 1.82) is 0 Å². The minimum Gasteiger partial charge on any atom is -0.377 e. The van der Waals surface area contributed by atoms with E-state index in [4.69, 9.17) is 4.74 Å². The number of hydrogen-bond donors (Lipinski definition) is 1. The molecule has 7 heteroatoms. The standard InChI is InChI=1S/C14H12N4O2S/c1-20-8-12-16-14(21-18-12)17-13(19)10-4-2-6-11-9(10)5-3-7-15-11/h2-7H,8H2,1H3,(H,16,17,18,19). The predicted molar refractivity (Wildman–Crippen MR) is 80.3 cm³/mol. The van der Waals surface area contributed by atoms with Gasteiger partial charge in [0.2, 0.25) is 5.13 Å². The predicted octanol–water partition coefficient (Wildman–Crippen LogP) is 2.49. The molecule has 0 aliphatic heterocycles. The van der Waals surface area contributed by atoms with Gasteiger partial charge < -0.3 is 4.74 Å². The summed E-state index contributed by atoms with van der Waals surface area (Å²) in [6.45, 7) is 0.324. The monoisotopic (exact) mass is 300 g/mol. The van der Waals surface area contributed by atoms with Crippen molar-refractivity contribution in [1.82, 2.24) is 14.3 Å². The molecule has 0 saturated carbocycles. The average molecular weight is 300 g/mol. The molecule has 1 amide bonds. The number of nitrogens with zero attached hydrogens (tertiary/aromatic N) is 3. The summed E-state index contributed by atoms with van der Waals surface area (Å²) in [5.74, 6) is 0.325. The quantitative estimate of drug-likeness (QED) is 0.801. The average Bonchev–Trinajstić information content (AvgIpc) is 2.94. The summed E-state index contributed by atoms with van der Waals surface area (Å²) in [7, 11) is 1.57. The highest BCUT2D eigenvalue weighted by Gasteiger charge is 2.13. The van der Waals surface area contributed by atoms with Gasteiger partial charge in [-0.2, -0.15) is 4.37 Å². The van der Waals surface area contributed by atoms with Crippen molar-refractivity contribution < 1.29 is 9.53 Å². The number of nitrogens with one attached hydrogen (secondary N) is 1. The zero-order valence-corrected chi connectivity index (χ0v) is 12.1. The number of ether oxygens (including phenoxy) is 1. The maximum Gasteiger partial charge on any atom is 0.258 e. The number of anilines is 1. The number of aromatic nitrogens is 3. The van der Waals surface area contributed by atoms with E-state index in [2.05, 4.69) is 19.7 Å². The van der Waals surface area contributed by atoms with Crippen LogP contribution in [0.1, 0.15) is 16.2 Å². The number of carbonyl (C=O) groups is 1. The highest BCUT2D eigenvalue weighted by Crippen LogP contribution is 2.19. The van der Waals surface area contributed by atoms with Gasteiger partial charge in [0.05, 0.1) is 5.52 Å². The lowest BCUT2D eigenvalue weighted by Crippen LogP contribution is -2.12. The first-order valence-corrected chi connectivity index (χ1v) is 7.02. The second-order valence-corrected chi connectivity index (χ2v) is 5.03. The van der Waals surface area contributed by atoms with Gasteiger partial charge in [0.25, 0.3) is 5.91 Å². The SMILES string of the molecule is COCc1nsc(NC(=O)c2cccc3ncccc23)n1. The van der Waals surface area contributed by atoms with Crippen LogP contribution in [0.15, 0.2) is 36.5 Å². The van der Waals surface area contributed by atoms with Gasteiger partial charge in [-0.15, -0.1) is 0 Å². The summed E-state index contributed by atoms with van der Waals surface area (Å²) < 4.78 is 9.04. The molecule has 0 radical (unpaired) electrons. The van der Waals surface area contributed by atoms with E-state index >= 15 is 0 Å². The molecule has 3 aromatic rings. The number of methoxy groups -OCH3 is 1. The fourth-order valence-electron chi connectivity index (χ4n) is 1.96. The summed E-state index contributed by atoms with van der Waals surface area (Å²) >= 11 is 1.13. The van der Waals surface area contributed by atoms with Gasteiger partial charge in [-0.05, 0) is 18.2 Å². The fourth-order valence-corrected chi connectivity index (χ4v) is 2.53. The zero-order chi connectivity index (χ0) is 14.7. The largest absolute Gasteiger partial charge is 0.377 e. The van der Waals surface area contributed by atoms with Crippen molar-refractivity contribution in [3.8, 4) is 0 Å². The van der Waals surface area contributed by atoms with Crippen LogP contribution in [0.4, 0.5) is 5.13 Å². The third-order valence-electron chi connectivity index (χ3n) is 2.85. The Hall–Kier alpha value is -2.38. The minimum absolute atomic E-state index is 0.228. The summed E-state index contributed by atoms with van der Waals surface area (Å²) in [5, 5.41) is 4.01. The Kier molecular flexibility index (Phi) is 3.85. The lowest BCUT2D eigenvalue weighted by molar-refractivity contribution is 0.102. The van der Waals surface area contributed by atoms with Crippen LogP contribution >= 0.6 is 11.5 Å². The van der Waals surface area contributed by atoms with Crippen molar-refractivity contribution in [2.75, 3.05) is 12.4 Å². The maximum atomic E-state index is 12.4. The summed E-state index contributed by atoms with van der Waals surface area (Å²) in [6, 6.07) is 9.11. The highest BCUT2D eigenvalue weighted by atomic mass is 32.1. The molecule has 106 valence electrons. The third-order valence-corrected chi connectivity index (χ3v) is 3.52. The molecular weight excluding hydrogens is 288 g/mol. The topological polar surface area (TPSA) is 77.0 Å². The van der Waals surface area contributed by atoms with Gasteiger partial charge in [-0.3, -0.25) is 15.1 Å². The van der Waals surface area contributed by atoms with Gasteiger partial charge in [-0.1, -0.05) is 12.1 Å². The molecule has 0 atom stereocenters. The van der Waals surface area contributed by atoms with Gasteiger partial charge >= 0.3 is 0 Å². The lowest BCUT2D eigenvalue weighted by Gasteiger charge is -2.05. The van der Waals surface area contributed by atoms with E-state index < -0.39 is 0 Å². The summed E-state index contributed by atoms with van der Waals surface area (Å²) in [6.07, 6.45) is 1.70. The molecule has 0 saturated heterocycles. The molecule has 1 N–H and O–H groups in total. The van der Waals surface area contributed by atoms with Crippen LogP contribution in [0, 0.1) is 0 Å².